The average Bonchev–Trinajstić information content (AvgIpc) is 2.94. The van der Waals surface area contributed by atoms with E-state index in [9.17, 15) is 8.42 Å². The lowest BCUT2D eigenvalue weighted by Gasteiger charge is -2.36. The Bertz CT molecular complexity index is 1520. The summed E-state index contributed by atoms with van der Waals surface area (Å²) in [5, 5.41) is 0. The number of nitrogens with zero attached hydrogens (tertiary/aromatic N) is 4. The molecule has 0 saturated carbocycles. The van der Waals surface area contributed by atoms with Gasteiger partial charge in [-0.1, -0.05) is 54.1 Å². The van der Waals surface area contributed by atoms with Crippen molar-refractivity contribution >= 4 is 15.8 Å². The van der Waals surface area contributed by atoms with Crippen molar-refractivity contribution < 1.29 is 13.2 Å². The van der Waals surface area contributed by atoms with Crippen LogP contribution in [0, 0.1) is 13.8 Å². The summed E-state index contributed by atoms with van der Waals surface area (Å²) in [5.41, 5.74) is 5.31. The van der Waals surface area contributed by atoms with E-state index in [4.69, 9.17) is 14.7 Å². The van der Waals surface area contributed by atoms with Gasteiger partial charge in [0.2, 0.25) is 10.0 Å². The van der Waals surface area contributed by atoms with Gasteiger partial charge >= 0.3 is 0 Å². The number of benzene rings is 3. The highest BCUT2D eigenvalue weighted by atomic mass is 32.2. The van der Waals surface area contributed by atoms with Gasteiger partial charge in [0.05, 0.1) is 12.0 Å². The molecule has 4 aromatic rings. The zero-order valence-corrected chi connectivity index (χ0v) is 22.8. The van der Waals surface area contributed by atoms with E-state index in [2.05, 4.69) is 36.1 Å². The molecule has 2 heterocycles. The van der Waals surface area contributed by atoms with Crippen molar-refractivity contribution in [3.63, 3.8) is 0 Å². The van der Waals surface area contributed by atoms with E-state index in [1.165, 1.54) is 5.56 Å². The molecule has 1 fully saturated rings. The molecule has 0 unspecified atom stereocenters. The fourth-order valence-corrected chi connectivity index (χ4v) is 6.22. The SMILES string of the molecule is COc1ccc(S(=O)(=O)N2CCN(c3nc(-c4cccc(C)c4)nc(C)c3Cc3ccccc3)CC2)cc1. The smallest absolute Gasteiger partial charge is 0.243 e. The Balaban J connectivity index is 1.45. The lowest BCUT2D eigenvalue weighted by atomic mass is 10.0. The molecule has 0 spiro atoms. The number of methoxy groups -OCH3 is 1. The second-order valence-electron chi connectivity index (χ2n) is 9.53. The van der Waals surface area contributed by atoms with E-state index < -0.39 is 10.0 Å². The molecule has 8 heteroatoms. The van der Waals surface area contributed by atoms with Gasteiger partial charge in [-0.25, -0.2) is 18.4 Å². The monoisotopic (exact) mass is 528 g/mol. The van der Waals surface area contributed by atoms with E-state index in [0.29, 0.717) is 44.2 Å². The standard InChI is InChI=1S/C30H32N4O3S/c1-22-8-7-11-25(20-22)29-31-23(2)28(21-24-9-5-4-6-10-24)30(32-29)33-16-18-34(19-17-33)38(35,36)27-14-12-26(37-3)13-15-27/h4-15,20H,16-19,21H2,1-3H3. The normalized spacial score (nSPS) is 14.4. The van der Waals surface area contributed by atoms with Gasteiger partial charge < -0.3 is 9.64 Å². The summed E-state index contributed by atoms with van der Waals surface area (Å²) in [7, 11) is -2.03. The summed E-state index contributed by atoms with van der Waals surface area (Å²) in [5.74, 6) is 2.19. The summed E-state index contributed by atoms with van der Waals surface area (Å²) in [6.45, 7) is 5.93. The van der Waals surface area contributed by atoms with Gasteiger partial charge in [-0.2, -0.15) is 4.31 Å². The first kappa shape index (κ1) is 25.9. The van der Waals surface area contributed by atoms with E-state index in [1.54, 1.807) is 35.7 Å². The van der Waals surface area contributed by atoms with Gasteiger partial charge in [-0.15, -0.1) is 0 Å². The first-order valence-electron chi connectivity index (χ1n) is 12.7. The molecule has 5 rings (SSSR count). The lowest BCUT2D eigenvalue weighted by Crippen LogP contribution is -2.49. The largest absolute Gasteiger partial charge is 0.497 e. The van der Waals surface area contributed by atoms with E-state index in [1.807, 2.05) is 37.3 Å². The number of hydrogen-bond acceptors (Lipinski definition) is 6. The Morgan fingerprint density at radius 2 is 1.55 bits per heavy atom. The third kappa shape index (κ3) is 5.42. The number of hydrogen-bond donors (Lipinski definition) is 0. The fraction of sp³-hybridized carbons (Fsp3) is 0.267. The van der Waals surface area contributed by atoms with Crippen LogP contribution < -0.4 is 9.64 Å². The van der Waals surface area contributed by atoms with E-state index >= 15 is 0 Å². The predicted octanol–water partition coefficient (Wildman–Crippen LogP) is 4.87. The average molecular weight is 529 g/mol. The second kappa shape index (κ2) is 10.9. The molecule has 0 bridgehead atoms. The van der Waals surface area contributed by atoms with E-state index in [-0.39, 0.29) is 4.90 Å². The third-order valence-electron chi connectivity index (χ3n) is 6.93. The van der Waals surface area contributed by atoms with Crippen LogP contribution in [0.3, 0.4) is 0 Å². The zero-order valence-electron chi connectivity index (χ0n) is 22.0. The molecule has 1 aliphatic heterocycles. The highest BCUT2D eigenvalue weighted by Gasteiger charge is 2.30. The zero-order chi connectivity index (χ0) is 26.7. The maximum atomic E-state index is 13.3. The number of sulfonamides is 1. The molecule has 1 aromatic heterocycles. The quantitative estimate of drug-likeness (QED) is 0.341. The molecule has 0 N–H and O–H groups in total. The maximum Gasteiger partial charge on any atom is 0.243 e. The minimum absolute atomic E-state index is 0.274. The molecular weight excluding hydrogens is 496 g/mol. The number of rotatable bonds is 7. The van der Waals surface area contributed by atoms with Crippen molar-refractivity contribution in [3.8, 4) is 17.1 Å². The Labute approximate surface area is 224 Å². The first-order chi connectivity index (χ1) is 18.3. The van der Waals surface area contributed by atoms with Crippen LogP contribution in [0.25, 0.3) is 11.4 Å². The van der Waals surface area contributed by atoms with Gasteiger partial charge in [0, 0.05) is 49.4 Å². The minimum Gasteiger partial charge on any atom is -0.497 e. The summed E-state index contributed by atoms with van der Waals surface area (Å²) < 4.78 is 33.3. The van der Waals surface area contributed by atoms with Crippen LogP contribution >= 0.6 is 0 Å². The molecule has 196 valence electrons. The Morgan fingerprint density at radius 1 is 0.842 bits per heavy atom. The summed E-state index contributed by atoms with van der Waals surface area (Å²) in [6.07, 6.45) is 0.709. The number of aryl methyl sites for hydroxylation is 2. The molecule has 0 atom stereocenters. The van der Waals surface area contributed by atoms with Crippen molar-refractivity contribution in [2.45, 2.75) is 25.2 Å². The van der Waals surface area contributed by atoms with Crippen LogP contribution in [-0.4, -0.2) is 56.0 Å². The van der Waals surface area contributed by atoms with Gasteiger partial charge in [0.25, 0.3) is 0 Å². The van der Waals surface area contributed by atoms with Crippen molar-refractivity contribution in [3.05, 3.63) is 101 Å². The first-order valence-corrected chi connectivity index (χ1v) is 14.2. The number of aromatic nitrogens is 2. The summed E-state index contributed by atoms with van der Waals surface area (Å²) >= 11 is 0. The van der Waals surface area contributed by atoms with Crippen LogP contribution in [0.4, 0.5) is 5.82 Å². The van der Waals surface area contributed by atoms with Crippen molar-refractivity contribution in [2.75, 3.05) is 38.2 Å². The second-order valence-corrected chi connectivity index (χ2v) is 11.5. The third-order valence-corrected chi connectivity index (χ3v) is 8.84. The molecule has 0 aliphatic carbocycles. The topological polar surface area (TPSA) is 75.6 Å². The van der Waals surface area contributed by atoms with Gasteiger partial charge in [0.1, 0.15) is 11.6 Å². The maximum absolute atomic E-state index is 13.3. The van der Waals surface area contributed by atoms with Crippen LogP contribution in [-0.2, 0) is 16.4 Å². The summed E-state index contributed by atoms with van der Waals surface area (Å²) in [6, 6.07) is 25.0. The van der Waals surface area contributed by atoms with Crippen molar-refractivity contribution in [2.24, 2.45) is 0 Å². The minimum atomic E-state index is -3.60. The Kier molecular flexibility index (Phi) is 7.44. The van der Waals surface area contributed by atoms with E-state index in [0.717, 1.165) is 28.2 Å². The number of ether oxygens (including phenoxy) is 1. The van der Waals surface area contributed by atoms with Crippen molar-refractivity contribution in [1.82, 2.24) is 14.3 Å². The van der Waals surface area contributed by atoms with Crippen LogP contribution in [0.15, 0.2) is 83.8 Å². The van der Waals surface area contributed by atoms with Gasteiger partial charge in [-0.05, 0) is 49.7 Å². The van der Waals surface area contributed by atoms with Crippen LogP contribution in [0.1, 0.15) is 22.4 Å². The fourth-order valence-electron chi connectivity index (χ4n) is 4.80. The molecule has 1 aliphatic rings. The molecule has 38 heavy (non-hydrogen) atoms. The molecule has 0 radical (unpaired) electrons. The van der Waals surface area contributed by atoms with Crippen LogP contribution in [0.5, 0.6) is 5.75 Å². The molecule has 0 amide bonds. The highest BCUT2D eigenvalue weighted by Crippen LogP contribution is 2.29. The Hall–Kier alpha value is -3.75. The van der Waals surface area contributed by atoms with Crippen LogP contribution in [0.2, 0.25) is 0 Å². The molecule has 3 aromatic carbocycles. The lowest BCUT2D eigenvalue weighted by molar-refractivity contribution is 0.383. The van der Waals surface area contributed by atoms with Gasteiger partial charge in [0.15, 0.2) is 5.82 Å². The number of piperazine rings is 1. The highest BCUT2D eigenvalue weighted by molar-refractivity contribution is 7.89. The molecule has 1 saturated heterocycles. The van der Waals surface area contributed by atoms with Gasteiger partial charge in [-0.3, -0.25) is 0 Å². The van der Waals surface area contributed by atoms with Crippen molar-refractivity contribution in [1.29, 1.82) is 0 Å². The number of anilines is 1. The summed E-state index contributed by atoms with van der Waals surface area (Å²) in [4.78, 5) is 12.4. The molecule has 7 nitrogen and oxygen atoms in total. The molecular formula is C30H32N4O3S. The predicted molar refractivity (Wildman–Crippen MR) is 150 cm³/mol. The Morgan fingerprint density at radius 3 is 2.21 bits per heavy atom.